The van der Waals surface area contributed by atoms with Crippen molar-refractivity contribution in [3.63, 3.8) is 0 Å². The van der Waals surface area contributed by atoms with E-state index in [2.05, 4.69) is 6.92 Å². The van der Waals surface area contributed by atoms with E-state index in [-0.39, 0.29) is 12.8 Å². The maximum absolute atomic E-state index is 12.4. The van der Waals surface area contributed by atoms with Crippen LogP contribution in [0.3, 0.4) is 0 Å². The van der Waals surface area contributed by atoms with Crippen molar-refractivity contribution < 1.29 is 39.3 Å². The summed E-state index contributed by atoms with van der Waals surface area (Å²) in [6.45, 7) is 3.72. The van der Waals surface area contributed by atoms with Gasteiger partial charge in [0.1, 0.15) is 11.4 Å². The molecular formula is C23H46NO8P. The first-order valence-electron chi connectivity index (χ1n) is 12.4. The second-order valence-electron chi connectivity index (χ2n) is 9.20. The molecule has 196 valence electrons. The molecule has 4 unspecified atom stereocenters. The first-order chi connectivity index (χ1) is 15.5. The number of aliphatic hydroxyl groups is 1. The second kappa shape index (κ2) is 16.6. The van der Waals surface area contributed by atoms with Gasteiger partial charge < -0.3 is 30.8 Å². The number of aliphatic hydroxyl groups excluding tert-OH is 1. The SMILES string of the molecule is CCCCCCCCCCCCCCC(C(=O)O)C(CC(CC)C(=O)O)(C(N)O)P(=O)(O)O. The molecule has 7 N–H and O–H groups in total. The molecule has 0 amide bonds. The van der Waals surface area contributed by atoms with Crippen molar-refractivity contribution in [1.29, 1.82) is 0 Å². The quantitative estimate of drug-likeness (QED) is 0.0761. The average Bonchev–Trinajstić information content (AvgIpc) is 2.71. The molecule has 0 rings (SSSR count). The van der Waals surface area contributed by atoms with Crippen molar-refractivity contribution in [2.75, 3.05) is 0 Å². The summed E-state index contributed by atoms with van der Waals surface area (Å²) in [5.74, 6) is -5.70. The van der Waals surface area contributed by atoms with E-state index in [1.165, 1.54) is 45.4 Å². The van der Waals surface area contributed by atoms with Crippen molar-refractivity contribution in [3.05, 3.63) is 0 Å². The van der Waals surface area contributed by atoms with Crippen LogP contribution in [0.4, 0.5) is 0 Å². The molecule has 0 aliphatic rings. The minimum absolute atomic E-state index is 0.0226. The zero-order valence-electron chi connectivity index (χ0n) is 20.3. The molecule has 0 aromatic carbocycles. The van der Waals surface area contributed by atoms with Crippen molar-refractivity contribution in [2.24, 2.45) is 17.6 Å². The normalized spacial score (nSPS) is 16.7. The van der Waals surface area contributed by atoms with Crippen LogP contribution in [0.5, 0.6) is 0 Å². The van der Waals surface area contributed by atoms with Gasteiger partial charge in [0.2, 0.25) is 0 Å². The fourth-order valence-electron chi connectivity index (χ4n) is 4.54. The van der Waals surface area contributed by atoms with Crippen LogP contribution < -0.4 is 5.73 Å². The Hall–Kier alpha value is -0.990. The fourth-order valence-corrected chi connectivity index (χ4v) is 5.99. The number of nitrogens with two attached hydrogens (primary N) is 1. The Bertz CT molecular complexity index is 609. The lowest BCUT2D eigenvalue weighted by Gasteiger charge is -2.42. The summed E-state index contributed by atoms with van der Waals surface area (Å²) in [5.41, 5.74) is 5.54. The lowest BCUT2D eigenvalue weighted by atomic mass is 9.78. The Morgan fingerprint density at radius 1 is 0.818 bits per heavy atom. The highest BCUT2D eigenvalue weighted by Gasteiger charge is 2.60. The monoisotopic (exact) mass is 495 g/mol. The zero-order chi connectivity index (χ0) is 25.5. The molecule has 0 saturated carbocycles. The van der Waals surface area contributed by atoms with Gasteiger partial charge in [0.15, 0.2) is 0 Å². The van der Waals surface area contributed by atoms with Gasteiger partial charge >= 0.3 is 19.5 Å². The number of aliphatic carboxylic acids is 2. The third-order valence-electron chi connectivity index (χ3n) is 6.72. The Morgan fingerprint density at radius 2 is 1.24 bits per heavy atom. The first-order valence-corrected chi connectivity index (χ1v) is 14.0. The summed E-state index contributed by atoms with van der Waals surface area (Å²) in [6.07, 6.45) is 9.83. The lowest BCUT2D eigenvalue weighted by molar-refractivity contribution is -0.149. The maximum Gasteiger partial charge on any atom is 0.336 e. The van der Waals surface area contributed by atoms with E-state index >= 15 is 0 Å². The van der Waals surface area contributed by atoms with Crippen LogP contribution in [0.15, 0.2) is 0 Å². The van der Waals surface area contributed by atoms with Crippen LogP contribution in [0.25, 0.3) is 0 Å². The van der Waals surface area contributed by atoms with Gasteiger partial charge in [-0.1, -0.05) is 90.9 Å². The van der Waals surface area contributed by atoms with Crippen molar-refractivity contribution in [2.45, 2.75) is 122 Å². The molecule has 33 heavy (non-hydrogen) atoms. The minimum Gasteiger partial charge on any atom is -0.481 e. The highest BCUT2D eigenvalue weighted by molar-refractivity contribution is 7.53. The van der Waals surface area contributed by atoms with E-state index in [0.717, 1.165) is 25.7 Å². The number of hydrogen-bond donors (Lipinski definition) is 6. The standard InChI is InChI=1S/C23H46NO8P/c1-3-5-6-7-8-9-10-11-12-13-14-15-16-19(21(27)28)23(22(24)29,33(30,31)32)17-18(4-2)20(25)26/h18-19,22,29H,3-17,24H2,1-2H3,(H,25,26)(H,27,28)(H2,30,31,32). The molecule has 0 heterocycles. The third-order valence-corrected chi connectivity index (χ3v) is 8.56. The van der Waals surface area contributed by atoms with Crippen molar-refractivity contribution in [1.82, 2.24) is 0 Å². The van der Waals surface area contributed by atoms with Gasteiger partial charge in [0, 0.05) is 0 Å². The molecule has 0 bridgehead atoms. The molecular weight excluding hydrogens is 449 g/mol. The Morgan fingerprint density at radius 3 is 1.55 bits per heavy atom. The molecule has 0 saturated heterocycles. The van der Waals surface area contributed by atoms with E-state index in [9.17, 15) is 39.3 Å². The van der Waals surface area contributed by atoms with Gasteiger partial charge in [-0.3, -0.25) is 14.2 Å². The van der Waals surface area contributed by atoms with Crippen molar-refractivity contribution >= 4 is 19.5 Å². The van der Waals surface area contributed by atoms with Crippen LogP contribution in [-0.2, 0) is 14.2 Å². The predicted octanol–water partition coefficient (Wildman–Crippen LogP) is 4.47. The highest BCUT2D eigenvalue weighted by atomic mass is 31.2. The first kappa shape index (κ1) is 32.0. The van der Waals surface area contributed by atoms with Crippen LogP contribution in [-0.4, -0.2) is 48.4 Å². The maximum atomic E-state index is 12.4. The van der Waals surface area contributed by atoms with E-state index < -0.39 is 49.2 Å². The molecule has 0 radical (unpaired) electrons. The van der Waals surface area contributed by atoms with Gasteiger partial charge in [-0.15, -0.1) is 0 Å². The van der Waals surface area contributed by atoms with E-state index in [4.69, 9.17) is 5.73 Å². The van der Waals surface area contributed by atoms with Crippen LogP contribution in [0, 0.1) is 11.8 Å². The van der Waals surface area contributed by atoms with Crippen LogP contribution in [0.2, 0.25) is 0 Å². The van der Waals surface area contributed by atoms with Crippen LogP contribution in [0.1, 0.15) is 110 Å². The number of rotatable bonds is 21. The number of unbranched alkanes of at least 4 members (excludes halogenated alkanes) is 11. The summed E-state index contributed by atoms with van der Waals surface area (Å²) in [5, 5.41) is 26.7. The summed E-state index contributed by atoms with van der Waals surface area (Å²) in [7, 11) is -5.28. The van der Waals surface area contributed by atoms with Gasteiger partial charge in [0.05, 0.1) is 11.8 Å². The number of carboxylic acids is 2. The molecule has 4 atom stereocenters. The third kappa shape index (κ3) is 10.9. The average molecular weight is 496 g/mol. The Labute approximate surface area is 198 Å². The summed E-state index contributed by atoms with van der Waals surface area (Å²) in [6, 6.07) is 0. The second-order valence-corrected chi connectivity index (χ2v) is 11.1. The summed E-state index contributed by atoms with van der Waals surface area (Å²) < 4.78 is 12.4. The molecule has 0 spiro atoms. The molecule has 10 heteroatoms. The fraction of sp³-hybridized carbons (Fsp3) is 0.913. The van der Waals surface area contributed by atoms with Crippen molar-refractivity contribution in [3.8, 4) is 0 Å². The van der Waals surface area contributed by atoms with E-state index in [1.54, 1.807) is 0 Å². The van der Waals surface area contributed by atoms with Gasteiger partial charge in [-0.25, -0.2) is 0 Å². The molecule has 0 aromatic heterocycles. The van der Waals surface area contributed by atoms with Gasteiger partial charge in [0.25, 0.3) is 0 Å². The van der Waals surface area contributed by atoms with E-state index in [1.807, 2.05) is 0 Å². The Kier molecular flexibility index (Phi) is 16.1. The van der Waals surface area contributed by atoms with E-state index in [0.29, 0.717) is 12.8 Å². The van der Waals surface area contributed by atoms with Gasteiger partial charge in [-0.2, -0.15) is 0 Å². The van der Waals surface area contributed by atoms with Crippen LogP contribution >= 0.6 is 7.60 Å². The lowest BCUT2D eigenvalue weighted by Crippen LogP contribution is -2.56. The number of hydrogen-bond acceptors (Lipinski definition) is 5. The smallest absolute Gasteiger partial charge is 0.336 e. The molecule has 0 fully saturated rings. The zero-order valence-corrected chi connectivity index (χ0v) is 21.2. The molecule has 0 aliphatic carbocycles. The number of carboxylic acid groups (broad SMARTS) is 2. The summed E-state index contributed by atoms with van der Waals surface area (Å²) in [4.78, 5) is 43.6. The highest BCUT2D eigenvalue weighted by Crippen LogP contribution is 2.60. The largest absolute Gasteiger partial charge is 0.481 e. The molecule has 0 aromatic rings. The Balaban J connectivity index is 4.91. The predicted molar refractivity (Wildman–Crippen MR) is 128 cm³/mol. The topological polar surface area (TPSA) is 178 Å². The molecule has 9 nitrogen and oxygen atoms in total. The summed E-state index contributed by atoms with van der Waals surface area (Å²) >= 11 is 0. The minimum atomic E-state index is -5.28. The number of carbonyl (C=O) groups is 2. The van der Waals surface area contributed by atoms with Gasteiger partial charge in [-0.05, 0) is 19.3 Å². The molecule has 0 aliphatic heterocycles.